The molecule has 8 heteroatoms. The fourth-order valence-electron chi connectivity index (χ4n) is 2.02. The van der Waals surface area contributed by atoms with E-state index >= 15 is 0 Å². The van der Waals surface area contributed by atoms with Crippen molar-refractivity contribution in [2.45, 2.75) is 0 Å². The maximum atomic E-state index is 12.4. The molecule has 3 aromatic rings. The predicted molar refractivity (Wildman–Crippen MR) is 85.1 cm³/mol. The van der Waals surface area contributed by atoms with Crippen LogP contribution in [0.2, 0.25) is 5.02 Å². The number of hydrogen-bond acceptors (Lipinski definition) is 5. The third-order valence-corrected chi connectivity index (χ3v) is 3.43. The molecule has 3 rings (SSSR count). The van der Waals surface area contributed by atoms with Crippen molar-refractivity contribution in [3.63, 3.8) is 0 Å². The largest absolute Gasteiger partial charge is 0.495 e. The van der Waals surface area contributed by atoms with Crippen LogP contribution in [0.25, 0.3) is 5.69 Å². The van der Waals surface area contributed by atoms with E-state index in [1.807, 2.05) is 0 Å². The van der Waals surface area contributed by atoms with Gasteiger partial charge in [-0.25, -0.2) is 4.68 Å². The molecule has 0 aliphatic heterocycles. The quantitative estimate of drug-likeness (QED) is 0.795. The average molecular weight is 330 g/mol. The first-order valence-corrected chi connectivity index (χ1v) is 7.03. The average Bonchev–Trinajstić information content (AvgIpc) is 3.10. The lowest BCUT2D eigenvalue weighted by atomic mass is 10.2. The number of nitrogens with zero attached hydrogens (tertiary/aromatic N) is 4. The van der Waals surface area contributed by atoms with Gasteiger partial charge < -0.3 is 10.1 Å². The van der Waals surface area contributed by atoms with Gasteiger partial charge in [0.25, 0.3) is 5.91 Å². The van der Waals surface area contributed by atoms with Gasteiger partial charge in [-0.3, -0.25) is 4.79 Å². The molecule has 0 saturated carbocycles. The molecular formula is C15H12ClN5O2. The van der Waals surface area contributed by atoms with Crippen molar-refractivity contribution in [2.24, 2.45) is 0 Å². The Balaban J connectivity index is 1.81. The van der Waals surface area contributed by atoms with Crippen LogP contribution >= 0.6 is 11.6 Å². The van der Waals surface area contributed by atoms with Crippen LogP contribution in [-0.4, -0.2) is 33.2 Å². The molecule has 7 nitrogen and oxygen atoms in total. The summed E-state index contributed by atoms with van der Waals surface area (Å²) >= 11 is 6.05. The van der Waals surface area contributed by atoms with Crippen LogP contribution in [0.5, 0.6) is 5.75 Å². The minimum absolute atomic E-state index is 0.263. The highest BCUT2D eigenvalue weighted by Crippen LogP contribution is 2.27. The molecule has 1 amide bonds. The van der Waals surface area contributed by atoms with E-state index in [4.69, 9.17) is 16.3 Å². The zero-order chi connectivity index (χ0) is 16.2. The van der Waals surface area contributed by atoms with Gasteiger partial charge in [0, 0.05) is 11.3 Å². The number of tetrazole rings is 1. The highest BCUT2D eigenvalue weighted by molar-refractivity contribution is 6.32. The van der Waals surface area contributed by atoms with Crippen LogP contribution in [-0.2, 0) is 0 Å². The molecule has 0 fully saturated rings. The van der Waals surface area contributed by atoms with Gasteiger partial charge in [0.2, 0.25) is 0 Å². The number of benzene rings is 2. The Labute approximate surface area is 136 Å². The maximum Gasteiger partial charge on any atom is 0.255 e. The van der Waals surface area contributed by atoms with Crippen LogP contribution in [0.15, 0.2) is 48.8 Å². The predicted octanol–water partition coefficient (Wildman–Crippen LogP) is 2.58. The summed E-state index contributed by atoms with van der Waals surface area (Å²) < 4.78 is 6.55. The van der Waals surface area contributed by atoms with Crippen LogP contribution in [0.3, 0.4) is 0 Å². The summed E-state index contributed by atoms with van der Waals surface area (Å²) in [4.78, 5) is 12.4. The van der Waals surface area contributed by atoms with Crippen molar-refractivity contribution in [1.29, 1.82) is 0 Å². The molecule has 2 aromatic carbocycles. The highest BCUT2D eigenvalue weighted by atomic mass is 35.5. The molecule has 0 spiro atoms. The van der Waals surface area contributed by atoms with Gasteiger partial charge in [-0.05, 0) is 46.8 Å². The SMILES string of the molecule is COc1ccc(NC(=O)c2cccc(-n3cnnn3)c2)cc1Cl. The number of methoxy groups -OCH3 is 1. The Morgan fingerprint density at radius 3 is 2.83 bits per heavy atom. The van der Waals surface area contributed by atoms with Gasteiger partial charge in [-0.2, -0.15) is 0 Å². The first-order chi connectivity index (χ1) is 11.2. The fraction of sp³-hybridized carbons (Fsp3) is 0.0667. The number of ether oxygens (including phenoxy) is 1. The van der Waals surface area contributed by atoms with E-state index in [2.05, 4.69) is 20.8 Å². The Bertz CT molecular complexity index is 836. The van der Waals surface area contributed by atoms with Gasteiger partial charge in [0.1, 0.15) is 12.1 Å². The lowest BCUT2D eigenvalue weighted by molar-refractivity contribution is 0.102. The molecule has 0 aliphatic rings. The number of rotatable bonds is 4. The van der Waals surface area contributed by atoms with Gasteiger partial charge >= 0.3 is 0 Å². The summed E-state index contributed by atoms with van der Waals surface area (Å²) in [5.41, 5.74) is 1.74. The van der Waals surface area contributed by atoms with E-state index in [0.717, 1.165) is 0 Å². The number of carbonyl (C=O) groups is 1. The van der Waals surface area contributed by atoms with Crippen LogP contribution in [0.4, 0.5) is 5.69 Å². The number of halogens is 1. The summed E-state index contributed by atoms with van der Waals surface area (Å²) in [5, 5.41) is 14.1. The van der Waals surface area contributed by atoms with Gasteiger partial charge in [0.15, 0.2) is 0 Å². The molecule has 0 saturated heterocycles. The van der Waals surface area contributed by atoms with Crippen molar-refractivity contribution < 1.29 is 9.53 Å². The summed E-state index contributed by atoms with van der Waals surface area (Å²) in [6.45, 7) is 0. The van der Waals surface area contributed by atoms with Gasteiger partial charge in [0.05, 0.1) is 17.8 Å². The third-order valence-electron chi connectivity index (χ3n) is 3.13. The molecule has 0 radical (unpaired) electrons. The van der Waals surface area contributed by atoms with Gasteiger partial charge in [-0.15, -0.1) is 5.10 Å². The lowest BCUT2D eigenvalue weighted by Gasteiger charge is -2.09. The summed E-state index contributed by atoms with van der Waals surface area (Å²) in [7, 11) is 1.53. The monoisotopic (exact) mass is 329 g/mol. The van der Waals surface area contributed by atoms with E-state index in [9.17, 15) is 4.79 Å². The number of carbonyl (C=O) groups excluding carboxylic acids is 1. The highest BCUT2D eigenvalue weighted by Gasteiger charge is 2.09. The number of aromatic nitrogens is 4. The number of anilines is 1. The lowest BCUT2D eigenvalue weighted by Crippen LogP contribution is -2.12. The van der Waals surface area contributed by atoms with Crippen molar-refractivity contribution in [2.75, 3.05) is 12.4 Å². The summed E-state index contributed by atoms with van der Waals surface area (Å²) in [5.74, 6) is 0.284. The molecule has 0 bridgehead atoms. The Morgan fingerprint density at radius 2 is 2.13 bits per heavy atom. The van der Waals surface area contributed by atoms with Crippen LogP contribution < -0.4 is 10.1 Å². The molecule has 23 heavy (non-hydrogen) atoms. The maximum absolute atomic E-state index is 12.4. The Kier molecular flexibility index (Phi) is 4.20. The third kappa shape index (κ3) is 3.29. The molecule has 0 unspecified atom stereocenters. The smallest absolute Gasteiger partial charge is 0.255 e. The zero-order valence-electron chi connectivity index (χ0n) is 12.1. The fourth-order valence-corrected chi connectivity index (χ4v) is 2.27. The standard InChI is InChI=1S/C15H12ClN5O2/c1-23-14-6-5-11(8-13(14)16)18-15(22)10-3-2-4-12(7-10)21-9-17-19-20-21/h2-9H,1H3,(H,18,22). The van der Waals surface area contributed by atoms with Crippen molar-refractivity contribution in [3.05, 3.63) is 59.4 Å². The van der Waals surface area contributed by atoms with E-state index in [1.54, 1.807) is 42.5 Å². The summed E-state index contributed by atoms with van der Waals surface area (Å²) in [6.07, 6.45) is 1.46. The minimum Gasteiger partial charge on any atom is -0.495 e. The second-order valence-corrected chi connectivity index (χ2v) is 5.02. The second-order valence-electron chi connectivity index (χ2n) is 4.61. The molecule has 116 valence electrons. The molecule has 1 N–H and O–H groups in total. The van der Waals surface area contributed by atoms with E-state index in [0.29, 0.717) is 27.7 Å². The number of nitrogens with one attached hydrogen (secondary N) is 1. The second kappa shape index (κ2) is 6.45. The topological polar surface area (TPSA) is 81.9 Å². The van der Waals surface area contributed by atoms with Crippen molar-refractivity contribution >= 4 is 23.2 Å². The minimum atomic E-state index is -0.263. The summed E-state index contributed by atoms with van der Waals surface area (Å²) in [6, 6.07) is 12.0. The van der Waals surface area contributed by atoms with Crippen molar-refractivity contribution in [3.8, 4) is 11.4 Å². The Morgan fingerprint density at radius 1 is 1.26 bits per heavy atom. The molecule has 0 atom stereocenters. The van der Waals surface area contributed by atoms with E-state index in [-0.39, 0.29) is 5.91 Å². The van der Waals surface area contributed by atoms with Crippen LogP contribution in [0, 0.1) is 0 Å². The Hall–Kier alpha value is -2.93. The normalized spacial score (nSPS) is 10.3. The van der Waals surface area contributed by atoms with Crippen LogP contribution in [0.1, 0.15) is 10.4 Å². The van der Waals surface area contributed by atoms with Gasteiger partial charge in [-0.1, -0.05) is 17.7 Å². The molecule has 0 aliphatic carbocycles. The first kappa shape index (κ1) is 15.0. The van der Waals surface area contributed by atoms with E-state index in [1.165, 1.54) is 18.1 Å². The zero-order valence-corrected chi connectivity index (χ0v) is 12.9. The molecular weight excluding hydrogens is 318 g/mol. The molecule has 1 heterocycles. The van der Waals surface area contributed by atoms with Crippen molar-refractivity contribution in [1.82, 2.24) is 20.2 Å². The van der Waals surface area contributed by atoms with E-state index < -0.39 is 0 Å². The number of amides is 1. The molecule has 1 aromatic heterocycles. The first-order valence-electron chi connectivity index (χ1n) is 6.65. The number of hydrogen-bond donors (Lipinski definition) is 1.